The highest BCUT2D eigenvalue weighted by atomic mass is 16.6. The lowest BCUT2D eigenvalue weighted by molar-refractivity contribution is -0.125. The number of hydrogen-bond acceptors (Lipinski definition) is 3. The molecule has 4 nitrogen and oxygen atoms in total. The molecule has 1 aliphatic heterocycles. The van der Waals surface area contributed by atoms with E-state index >= 15 is 0 Å². The van der Waals surface area contributed by atoms with Crippen molar-refractivity contribution in [3.8, 4) is 0 Å². The second-order valence-corrected chi connectivity index (χ2v) is 2.45. The number of carbonyl (C=O) groups excluding carboxylic acids is 1. The van der Waals surface area contributed by atoms with E-state index in [-0.39, 0.29) is 18.4 Å². The van der Waals surface area contributed by atoms with Gasteiger partial charge in [0.25, 0.3) is 5.91 Å². The first-order valence-corrected chi connectivity index (χ1v) is 3.20. The molecule has 4 heteroatoms. The summed E-state index contributed by atoms with van der Waals surface area (Å²) in [6.07, 6.45) is 0. The van der Waals surface area contributed by atoms with Gasteiger partial charge in [-0.1, -0.05) is 19.0 Å². The van der Waals surface area contributed by atoms with Crippen LogP contribution in [0.4, 0.5) is 0 Å². The number of amidine groups is 1. The molecule has 0 aromatic carbocycles. The zero-order valence-electron chi connectivity index (χ0n) is 6.05. The topological polar surface area (TPSA) is 50.7 Å². The Balaban J connectivity index is 2.60. The number of carbonyl (C=O) groups is 1. The van der Waals surface area contributed by atoms with Crippen LogP contribution in [0.1, 0.15) is 13.8 Å². The minimum atomic E-state index is -0.126. The van der Waals surface area contributed by atoms with E-state index in [4.69, 9.17) is 0 Å². The zero-order chi connectivity index (χ0) is 7.56. The molecule has 0 aromatic rings. The Hall–Kier alpha value is -1.06. The lowest BCUT2D eigenvalue weighted by Crippen LogP contribution is -2.39. The molecule has 1 N–H and O–H groups in total. The van der Waals surface area contributed by atoms with E-state index in [0.29, 0.717) is 5.84 Å². The molecule has 0 aromatic heterocycles. The van der Waals surface area contributed by atoms with E-state index in [0.717, 1.165) is 0 Å². The second-order valence-electron chi connectivity index (χ2n) is 2.45. The van der Waals surface area contributed by atoms with Gasteiger partial charge in [-0.3, -0.25) is 4.79 Å². The van der Waals surface area contributed by atoms with Crippen LogP contribution in [-0.2, 0) is 9.63 Å². The highest BCUT2D eigenvalue weighted by Gasteiger charge is 2.14. The fourth-order valence-corrected chi connectivity index (χ4v) is 0.612. The summed E-state index contributed by atoms with van der Waals surface area (Å²) in [5.74, 6) is 0.694. The fraction of sp³-hybridized carbons (Fsp3) is 0.667. The van der Waals surface area contributed by atoms with E-state index in [1.54, 1.807) is 0 Å². The average Bonchev–Trinajstić information content (AvgIpc) is 1.88. The molecule has 0 fully saturated rings. The molecule has 1 rings (SSSR count). The van der Waals surface area contributed by atoms with Crippen LogP contribution in [0.5, 0.6) is 0 Å². The first-order chi connectivity index (χ1) is 4.70. The molecule has 0 aliphatic carbocycles. The average molecular weight is 142 g/mol. The van der Waals surface area contributed by atoms with Crippen molar-refractivity contribution in [1.82, 2.24) is 5.32 Å². The van der Waals surface area contributed by atoms with Gasteiger partial charge < -0.3 is 10.2 Å². The number of oxime groups is 1. The van der Waals surface area contributed by atoms with Gasteiger partial charge in [-0.05, 0) is 0 Å². The van der Waals surface area contributed by atoms with Gasteiger partial charge in [-0.25, -0.2) is 0 Å². The highest BCUT2D eigenvalue weighted by molar-refractivity contribution is 6.00. The Morgan fingerprint density at radius 3 is 2.80 bits per heavy atom. The molecule has 0 radical (unpaired) electrons. The molecule has 0 atom stereocenters. The molecule has 0 spiro atoms. The monoisotopic (exact) mass is 142 g/mol. The SMILES string of the molecule is CC(C)C1=NOCC(=O)N1. The molecule has 1 heterocycles. The lowest BCUT2D eigenvalue weighted by atomic mass is 10.2. The first kappa shape index (κ1) is 7.05. The van der Waals surface area contributed by atoms with Gasteiger partial charge in [0.05, 0.1) is 0 Å². The summed E-state index contributed by atoms with van der Waals surface area (Å²) in [5.41, 5.74) is 0. The minimum absolute atomic E-state index is 0.0379. The second kappa shape index (κ2) is 2.68. The van der Waals surface area contributed by atoms with Crippen molar-refractivity contribution in [3.05, 3.63) is 0 Å². The third-order valence-corrected chi connectivity index (χ3v) is 1.17. The Morgan fingerprint density at radius 1 is 1.70 bits per heavy atom. The molecular formula is C6H10N2O2. The maximum absolute atomic E-state index is 10.7. The highest BCUT2D eigenvalue weighted by Crippen LogP contribution is 1.98. The molecule has 0 saturated carbocycles. The van der Waals surface area contributed by atoms with Crippen LogP contribution >= 0.6 is 0 Å². The molecule has 1 aliphatic rings. The molecular weight excluding hydrogens is 132 g/mol. The van der Waals surface area contributed by atoms with Crippen LogP contribution in [0.3, 0.4) is 0 Å². The van der Waals surface area contributed by atoms with Crippen LogP contribution in [0.15, 0.2) is 5.16 Å². The van der Waals surface area contributed by atoms with Gasteiger partial charge >= 0.3 is 0 Å². The standard InChI is InChI=1S/C6H10N2O2/c1-4(2)6-7-5(9)3-10-8-6/h4H,3H2,1-2H3,(H,7,8,9). The van der Waals surface area contributed by atoms with Crippen molar-refractivity contribution in [3.63, 3.8) is 0 Å². The number of rotatable bonds is 1. The van der Waals surface area contributed by atoms with E-state index in [2.05, 4.69) is 15.3 Å². The van der Waals surface area contributed by atoms with Gasteiger partial charge in [0.15, 0.2) is 12.4 Å². The fourth-order valence-electron chi connectivity index (χ4n) is 0.612. The summed E-state index contributed by atoms with van der Waals surface area (Å²) in [7, 11) is 0. The number of hydrogen-bond donors (Lipinski definition) is 1. The Labute approximate surface area is 59.2 Å². The zero-order valence-corrected chi connectivity index (χ0v) is 6.05. The van der Waals surface area contributed by atoms with E-state index in [9.17, 15) is 4.79 Å². The van der Waals surface area contributed by atoms with Crippen LogP contribution < -0.4 is 5.32 Å². The Morgan fingerprint density at radius 2 is 2.40 bits per heavy atom. The summed E-state index contributed by atoms with van der Waals surface area (Å²) >= 11 is 0. The predicted octanol–water partition coefficient (Wildman–Crippen LogP) is 0.102. The van der Waals surface area contributed by atoms with Crippen LogP contribution in [0.2, 0.25) is 0 Å². The molecule has 0 bridgehead atoms. The van der Waals surface area contributed by atoms with Crippen molar-refractivity contribution < 1.29 is 9.63 Å². The van der Waals surface area contributed by atoms with Gasteiger partial charge in [0.2, 0.25) is 0 Å². The van der Waals surface area contributed by atoms with E-state index in [1.165, 1.54) is 0 Å². The van der Waals surface area contributed by atoms with Gasteiger partial charge in [0.1, 0.15) is 0 Å². The normalized spacial score (nSPS) is 17.9. The molecule has 0 unspecified atom stereocenters. The van der Waals surface area contributed by atoms with E-state index < -0.39 is 0 Å². The number of nitrogens with zero attached hydrogens (tertiary/aromatic N) is 1. The van der Waals surface area contributed by atoms with Gasteiger partial charge in [0, 0.05) is 5.92 Å². The predicted molar refractivity (Wildman–Crippen MR) is 36.4 cm³/mol. The Kier molecular flexibility index (Phi) is 1.89. The van der Waals surface area contributed by atoms with Gasteiger partial charge in [-0.15, -0.1) is 0 Å². The molecule has 10 heavy (non-hydrogen) atoms. The van der Waals surface area contributed by atoms with Crippen molar-refractivity contribution in [2.75, 3.05) is 6.61 Å². The summed E-state index contributed by atoms with van der Waals surface area (Å²) in [5, 5.41) is 6.27. The number of nitrogens with one attached hydrogen (secondary N) is 1. The number of amides is 1. The van der Waals surface area contributed by atoms with Crippen LogP contribution in [0, 0.1) is 5.92 Å². The summed E-state index contributed by atoms with van der Waals surface area (Å²) < 4.78 is 0. The summed E-state index contributed by atoms with van der Waals surface area (Å²) in [6.45, 7) is 3.91. The maximum Gasteiger partial charge on any atom is 0.266 e. The smallest absolute Gasteiger partial charge is 0.266 e. The molecule has 0 saturated heterocycles. The third kappa shape index (κ3) is 1.46. The Bertz CT molecular complexity index is 175. The lowest BCUT2D eigenvalue weighted by Gasteiger charge is -2.14. The van der Waals surface area contributed by atoms with Gasteiger partial charge in [-0.2, -0.15) is 0 Å². The van der Waals surface area contributed by atoms with Crippen molar-refractivity contribution >= 4 is 11.7 Å². The van der Waals surface area contributed by atoms with E-state index in [1.807, 2.05) is 13.8 Å². The van der Waals surface area contributed by atoms with Crippen LogP contribution in [0.25, 0.3) is 0 Å². The van der Waals surface area contributed by atoms with Crippen molar-refractivity contribution in [2.45, 2.75) is 13.8 Å². The van der Waals surface area contributed by atoms with Crippen molar-refractivity contribution in [1.29, 1.82) is 0 Å². The van der Waals surface area contributed by atoms with Crippen LogP contribution in [-0.4, -0.2) is 18.3 Å². The minimum Gasteiger partial charge on any atom is -0.384 e. The summed E-state index contributed by atoms with van der Waals surface area (Å²) in [6, 6.07) is 0. The maximum atomic E-state index is 10.7. The third-order valence-electron chi connectivity index (χ3n) is 1.17. The molecule has 1 amide bonds. The largest absolute Gasteiger partial charge is 0.384 e. The first-order valence-electron chi connectivity index (χ1n) is 3.20. The molecule has 56 valence electrons. The quantitative estimate of drug-likeness (QED) is 0.564. The van der Waals surface area contributed by atoms with Crippen molar-refractivity contribution in [2.24, 2.45) is 11.1 Å². The summed E-state index contributed by atoms with van der Waals surface area (Å²) in [4.78, 5) is 15.3.